The van der Waals surface area contributed by atoms with Gasteiger partial charge in [0.2, 0.25) is 0 Å². The number of nitrogens with one attached hydrogen (secondary N) is 1. The number of carbonyl (C=O) groups excluding carboxylic acids is 1. The molecule has 6 nitrogen and oxygen atoms in total. The summed E-state index contributed by atoms with van der Waals surface area (Å²) in [6.07, 6.45) is 6.24. The zero-order chi connectivity index (χ0) is 19.6. The summed E-state index contributed by atoms with van der Waals surface area (Å²) < 4.78 is 8.59. The van der Waals surface area contributed by atoms with Crippen LogP contribution in [0.15, 0.2) is 42.7 Å². The molecule has 0 saturated carbocycles. The van der Waals surface area contributed by atoms with E-state index in [1.807, 2.05) is 42.7 Å². The monoisotopic (exact) mass is 382 g/mol. The number of rotatable bonds is 5. The lowest BCUT2D eigenvalue weighted by Gasteiger charge is -2.45. The zero-order valence-electron chi connectivity index (χ0n) is 16.8. The number of aromatic nitrogens is 2. The van der Waals surface area contributed by atoms with Crippen molar-refractivity contribution in [1.82, 2.24) is 14.5 Å². The number of anilines is 1. The first-order chi connectivity index (χ1) is 13.6. The maximum Gasteiger partial charge on any atom is 0.255 e. The first kappa shape index (κ1) is 19.2. The number of amides is 1. The number of para-hydroxylation sites is 1. The molecule has 1 aromatic heterocycles. The number of benzene rings is 1. The minimum atomic E-state index is -0.510. The Labute approximate surface area is 166 Å². The second-order valence-electron chi connectivity index (χ2n) is 8.38. The summed E-state index contributed by atoms with van der Waals surface area (Å²) in [6.45, 7) is 8.12. The predicted molar refractivity (Wildman–Crippen MR) is 109 cm³/mol. The number of hydrogen-bond donors (Lipinski definition) is 1. The molecule has 6 heteroatoms. The van der Waals surface area contributed by atoms with E-state index < -0.39 is 11.7 Å². The van der Waals surface area contributed by atoms with Crippen LogP contribution in [0.5, 0.6) is 0 Å². The summed E-state index contributed by atoms with van der Waals surface area (Å²) in [6, 6.07) is 9.56. The van der Waals surface area contributed by atoms with Crippen molar-refractivity contribution in [2.75, 3.05) is 25.0 Å². The summed E-state index contributed by atoms with van der Waals surface area (Å²) >= 11 is 0. The topological polar surface area (TPSA) is 59.4 Å². The fourth-order valence-corrected chi connectivity index (χ4v) is 4.20. The second kappa shape index (κ2) is 8.05. The van der Waals surface area contributed by atoms with E-state index in [-0.39, 0.29) is 5.91 Å². The number of nitrogens with zero attached hydrogens (tertiary/aromatic N) is 3. The van der Waals surface area contributed by atoms with Crippen LogP contribution in [0.1, 0.15) is 38.9 Å². The molecule has 3 heterocycles. The lowest BCUT2D eigenvalue weighted by atomic mass is 9.88. The molecular weight excluding hydrogens is 352 g/mol. The van der Waals surface area contributed by atoms with Crippen LogP contribution in [-0.2, 0) is 21.7 Å². The van der Waals surface area contributed by atoms with Crippen LogP contribution in [0, 0.1) is 5.92 Å². The van der Waals surface area contributed by atoms with E-state index in [4.69, 9.17) is 4.74 Å². The Hall–Kier alpha value is -2.18. The number of carbonyl (C=O) groups is 1. The van der Waals surface area contributed by atoms with Gasteiger partial charge in [-0.3, -0.25) is 4.79 Å². The fourth-order valence-electron chi connectivity index (χ4n) is 4.20. The van der Waals surface area contributed by atoms with Crippen LogP contribution in [0.3, 0.4) is 0 Å². The van der Waals surface area contributed by atoms with Crippen molar-refractivity contribution in [3.8, 4) is 0 Å². The average Bonchev–Trinajstić information content (AvgIpc) is 3.18. The first-order valence-electron chi connectivity index (χ1n) is 10.3. The third-order valence-electron chi connectivity index (χ3n) is 5.87. The van der Waals surface area contributed by atoms with Gasteiger partial charge in [0.15, 0.2) is 6.10 Å². The van der Waals surface area contributed by atoms with Crippen molar-refractivity contribution < 1.29 is 9.53 Å². The van der Waals surface area contributed by atoms with Gasteiger partial charge in [0.25, 0.3) is 5.91 Å². The molecule has 1 atom stereocenters. The van der Waals surface area contributed by atoms with Gasteiger partial charge in [0.05, 0.1) is 6.54 Å². The predicted octanol–water partition coefficient (Wildman–Crippen LogP) is 3.26. The summed E-state index contributed by atoms with van der Waals surface area (Å²) in [5, 5.41) is 2.99. The van der Waals surface area contributed by atoms with Crippen molar-refractivity contribution in [1.29, 1.82) is 0 Å². The number of ether oxygens (including phenoxy) is 1. The normalized spacial score (nSPS) is 21.6. The molecule has 1 aromatic carbocycles. The maximum atomic E-state index is 12.9. The molecule has 1 fully saturated rings. The molecule has 2 aliphatic rings. The Morgan fingerprint density at radius 3 is 2.75 bits per heavy atom. The number of hydrogen-bond acceptors (Lipinski definition) is 4. The van der Waals surface area contributed by atoms with Crippen molar-refractivity contribution in [2.45, 2.75) is 51.4 Å². The highest BCUT2D eigenvalue weighted by atomic mass is 16.5. The number of imidazole rings is 1. The standard InChI is InChI=1S/C22H30N4O2/c1-17(2)8-12-25-13-9-22(10-14-25)21-23-11-15-26(21)16-19(28-22)20(27)24-18-6-4-3-5-7-18/h3-7,11,15,17,19H,8-10,12-14,16H2,1-2H3,(H,24,27)/t19-/m1/s1. The van der Waals surface area contributed by atoms with E-state index in [1.54, 1.807) is 0 Å². The fraction of sp³-hybridized carbons (Fsp3) is 0.545. The summed E-state index contributed by atoms with van der Waals surface area (Å²) in [5.74, 6) is 1.60. The Morgan fingerprint density at radius 1 is 1.29 bits per heavy atom. The van der Waals surface area contributed by atoms with Crippen molar-refractivity contribution in [3.05, 3.63) is 48.5 Å². The largest absolute Gasteiger partial charge is 0.352 e. The summed E-state index contributed by atoms with van der Waals surface area (Å²) in [7, 11) is 0. The van der Waals surface area contributed by atoms with Gasteiger partial charge in [0, 0.05) is 31.2 Å². The molecule has 0 bridgehead atoms. The zero-order valence-corrected chi connectivity index (χ0v) is 16.8. The third-order valence-corrected chi connectivity index (χ3v) is 5.87. The molecular formula is C22H30N4O2. The lowest BCUT2D eigenvalue weighted by Crippen LogP contribution is -2.53. The lowest BCUT2D eigenvalue weighted by molar-refractivity contribution is -0.169. The molecule has 0 radical (unpaired) electrons. The maximum absolute atomic E-state index is 12.9. The van der Waals surface area contributed by atoms with Crippen LogP contribution in [0.25, 0.3) is 0 Å². The van der Waals surface area contributed by atoms with Gasteiger partial charge < -0.3 is 19.5 Å². The molecule has 28 heavy (non-hydrogen) atoms. The van der Waals surface area contributed by atoms with Gasteiger partial charge in [-0.05, 0) is 43.9 Å². The number of piperidine rings is 1. The molecule has 1 saturated heterocycles. The Bertz CT molecular complexity index is 794. The van der Waals surface area contributed by atoms with Gasteiger partial charge in [-0.15, -0.1) is 0 Å². The Kier molecular flexibility index (Phi) is 5.51. The smallest absolute Gasteiger partial charge is 0.255 e. The Balaban J connectivity index is 1.47. The molecule has 1 spiro atoms. The molecule has 1 amide bonds. The molecule has 1 N–H and O–H groups in total. The number of fused-ring (bicyclic) bond motifs is 2. The summed E-state index contributed by atoms with van der Waals surface area (Å²) in [4.78, 5) is 20.0. The van der Waals surface area contributed by atoms with Crippen molar-refractivity contribution >= 4 is 11.6 Å². The van der Waals surface area contributed by atoms with Gasteiger partial charge >= 0.3 is 0 Å². The van der Waals surface area contributed by atoms with E-state index in [0.717, 1.165) is 44.0 Å². The van der Waals surface area contributed by atoms with Gasteiger partial charge in [-0.25, -0.2) is 4.98 Å². The van der Waals surface area contributed by atoms with Gasteiger partial charge in [-0.2, -0.15) is 0 Å². The summed E-state index contributed by atoms with van der Waals surface area (Å²) in [5.41, 5.74) is 0.333. The second-order valence-corrected chi connectivity index (χ2v) is 8.38. The van der Waals surface area contributed by atoms with Crippen LogP contribution >= 0.6 is 0 Å². The van der Waals surface area contributed by atoms with E-state index in [9.17, 15) is 4.79 Å². The van der Waals surface area contributed by atoms with Crippen molar-refractivity contribution in [3.63, 3.8) is 0 Å². The minimum absolute atomic E-state index is 0.0906. The van der Waals surface area contributed by atoms with Crippen LogP contribution in [0.2, 0.25) is 0 Å². The number of likely N-dealkylation sites (tertiary alicyclic amines) is 1. The average molecular weight is 383 g/mol. The van der Waals surface area contributed by atoms with Crippen molar-refractivity contribution in [2.24, 2.45) is 5.92 Å². The van der Waals surface area contributed by atoms with E-state index >= 15 is 0 Å². The molecule has 2 aliphatic heterocycles. The molecule has 4 rings (SSSR count). The van der Waals surface area contributed by atoms with E-state index in [1.165, 1.54) is 6.42 Å². The quantitative estimate of drug-likeness (QED) is 0.862. The van der Waals surface area contributed by atoms with E-state index in [0.29, 0.717) is 12.5 Å². The van der Waals surface area contributed by atoms with Crippen LogP contribution < -0.4 is 5.32 Å². The van der Waals surface area contributed by atoms with Crippen LogP contribution in [-0.4, -0.2) is 46.1 Å². The molecule has 0 unspecified atom stereocenters. The van der Waals surface area contributed by atoms with E-state index in [2.05, 4.69) is 33.6 Å². The highest BCUT2D eigenvalue weighted by molar-refractivity contribution is 5.94. The van der Waals surface area contributed by atoms with Gasteiger partial charge in [0.1, 0.15) is 11.4 Å². The molecule has 2 aromatic rings. The SMILES string of the molecule is CC(C)CCN1CCC2(CC1)O[C@@H](C(=O)Nc1ccccc1)Cn1ccnc12. The van der Waals surface area contributed by atoms with Crippen LogP contribution in [0.4, 0.5) is 5.69 Å². The first-order valence-corrected chi connectivity index (χ1v) is 10.3. The molecule has 150 valence electrons. The highest BCUT2D eigenvalue weighted by Gasteiger charge is 2.47. The minimum Gasteiger partial charge on any atom is -0.352 e. The van der Waals surface area contributed by atoms with Gasteiger partial charge in [-0.1, -0.05) is 32.0 Å². The molecule has 0 aliphatic carbocycles. The highest BCUT2D eigenvalue weighted by Crippen LogP contribution is 2.40. The Morgan fingerprint density at radius 2 is 2.04 bits per heavy atom. The third kappa shape index (κ3) is 3.98.